The molecule has 324 valence electrons. The maximum Gasteiger partial charge on any atom is 0.200 e. The first-order chi connectivity index (χ1) is 29.6. The number of aliphatic hydroxyl groups excluding tert-OH is 2. The molecule has 4 aromatic rings. The third kappa shape index (κ3) is 9.71. The van der Waals surface area contributed by atoms with Gasteiger partial charge in [-0.2, -0.15) is 0 Å². The molecule has 0 fully saturated rings. The van der Waals surface area contributed by atoms with Gasteiger partial charge in [-0.05, 0) is 74.2 Å². The molecule has 0 heterocycles. The molecule has 17 heteroatoms. The Labute approximate surface area is 352 Å². The first-order valence-electron chi connectivity index (χ1n) is 20.4. The van der Waals surface area contributed by atoms with Crippen LogP contribution < -0.4 is 31.9 Å². The van der Waals surface area contributed by atoms with Gasteiger partial charge in [-0.15, -0.1) is 0 Å². The highest BCUT2D eigenvalue weighted by Gasteiger charge is 2.39. The van der Waals surface area contributed by atoms with Crippen molar-refractivity contribution in [1.82, 2.24) is 10.6 Å². The summed E-state index contributed by atoms with van der Waals surface area (Å²) >= 11 is 0. The fourth-order valence-electron chi connectivity index (χ4n) is 7.50. The number of nitrogens with one attached hydrogen (secondary N) is 6. The van der Waals surface area contributed by atoms with E-state index in [1.165, 1.54) is 24.3 Å². The molecule has 0 amide bonds. The third-order valence-corrected chi connectivity index (χ3v) is 10.4. The van der Waals surface area contributed by atoms with Gasteiger partial charge in [0, 0.05) is 88.3 Å². The van der Waals surface area contributed by atoms with E-state index in [2.05, 4.69) is 31.9 Å². The fraction of sp³-hybridized carbons (Fsp3) is 0.364. The van der Waals surface area contributed by atoms with Gasteiger partial charge in [0.05, 0.1) is 57.7 Å². The molecule has 61 heavy (non-hydrogen) atoms. The molecule has 0 saturated carbocycles. The van der Waals surface area contributed by atoms with Crippen molar-refractivity contribution >= 4 is 45.9 Å². The Morgan fingerprint density at radius 1 is 0.361 bits per heavy atom. The van der Waals surface area contributed by atoms with Crippen molar-refractivity contribution in [2.24, 2.45) is 0 Å². The molecule has 0 aromatic heterocycles. The lowest BCUT2D eigenvalue weighted by Gasteiger charge is -2.25. The molecule has 0 radical (unpaired) electrons. The Morgan fingerprint density at radius 2 is 0.656 bits per heavy atom. The van der Waals surface area contributed by atoms with Crippen LogP contribution in [-0.2, 0) is 4.74 Å². The second-order valence-electron chi connectivity index (χ2n) is 14.5. The van der Waals surface area contributed by atoms with Crippen LogP contribution >= 0.6 is 0 Å². The van der Waals surface area contributed by atoms with Crippen LogP contribution in [0, 0.1) is 0 Å². The second-order valence-corrected chi connectivity index (χ2v) is 14.5. The Balaban J connectivity index is 0.995. The van der Waals surface area contributed by atoms with Crippen molar-refractivity contribution in [3.63, 3.8) is 0 Å². The molecule has 0 atom stereocenters. The molecule has 6 rings (SSSR count). The number of aromatic hydroxyl groups is 4. The summed E-state index contributed by atoms with van der Waals surface area (Å²) in [5, 5.41) is 79.1. The van der Waals surface area contributed by atoms with E-state index < -0.39 is 46.1 Å². The van der Waals surface area contributed by atoms with Gasteiger partial charge < -0.3 is 67.3 Å². The van der Waals surface area contributed by atoms with Crippen LogP contribution in [0.3, 0.4) is 0 Å². The molecule has 2 aliphatic carbocycles. The summed E-state index contributed by atoms with van der Waals surface area (Å²) in [6.07, 6.45) is 2.75. The highest BCUT2D eigenvalue weighted by Crippen LogP contribution is 2.44. The molecule has 4 aromatic carbocycles. The number of ether oxygens (including phenoxy) is 1. The van der Waals surface area contributed by atoms with Crippen LogP contribution in [0.5, 0.6) is 23.0 Å². The summed E-state index contributed by atoms with van der Waals surface area (Å²) in [5.41, 5.74) is 1.07. The number of ketones is 4. The molecule has 17 nitrogen and oxygen atoms in total. The van der Waals surface area contributed by atoms with Gasteiger partial charge in [0.15, 0.2) is 0 Å². The second kappa shape index (κ2) is 20.8. The summed E-state index contributed by atoms with van der Waals surface area (Å²) in [4.78, 5) is 55.1. The van der Waals surface area contributed by atoms with Gasteiger partial charge in [-0.3, -0.25) is 19.2 Å². The van der Waals surface area contributed by atoms with Gasteiger partial charge in [0.1, 0.15) is 23.0 Å². The fourth-order valence-corrected chi connectivity index (χ4v) is 7.50. The van der Waals surface area contributed by atoms with Crippen molar-refractivity contribution < 1.29 is 54.6 Å². The highest BCUT2D eigenvalue weighted by atomic mass is 16.5. The Hall–Kier alpha value is -6.24. The number of phenolic OH excluding ortho intramolecular Hbond substituents is 4. The maximum absolute atomic E-state index is 13.8. The van der Waals surface area contributed by atoms with Gasteiger partial charge in [-0.1, -0.05) is 0 Å². The Kier molecular flexibility index (Phi) is 15.1. The van der Waals surface area contributed by atoms with E-state index in [1.807, 2.05) is 0 Å². The average Bonchev–Trinajstić information content (AvgIpc) is 3.25. The number of hydrogen-bond acceptors (Lipinski definition) is 17. The van der Waals surface area contributed by atoms with Crippen molar-refractivity contribution in [2.75, 3.05) is 100 Å². The molecule has 12 N–H and O–H groups in total. The zero-order valence-electron chi connectivity index (χ0n) is 33.7. The third-order valence-electron chi connectivity index (χ3n) is 10.4. The number of phenols is 4. The number of hydrogen-bond donors (Lipinski definition) is 12. The minimum Gasteiger partial charge on any atom is -0.507 e. The number of carbonyl (C=O) groups is 4. The smallest absolute Gasteiger partial charge is 0.200 e. The Morgan fingerprint density at radius 3 is 0.951 bits per heavy atom. The van der Waals surface area contributed by atoms with Crippen LogP contribution in [0.2, 0.25) is 0 Å². The van der Waals surface area contributed by atoms with E-state index in [1.54, 1.807) is 24.3 Å². The summed E-state index contributed by atoms with van der Waals surface area (Å²) < 4.78 is 5.85. The zero-order chi connectivity index (χ0) is 43.5. The minimum atomic E-state index is -0.587. The van der Waals surface area contributed by atoms with Crippen LogP contribution in [0.1, 0.15) is 89.4 Å². The number of anilines is 4. The molecular weight excluding hydrogens is 789 g/mol. The number of rotatable bonds is 24. The van der Waals surface area contributed by atoms with Crippen molar-refractivity contribution in [1.29, 1.82) is 0 Å². The number of carbonyl (C=O) groups excluding carboxylic acids is 4. The summed E-state index contributed by atoms with van der Waals surface area (Å²) in [7, 11) is 0. The van der Waals surface area contributed by atoms with Crippen LogP contribution in [0.4, 0.5) is 22.7 Å². The zero-order valence-corrected chi connectivity index (χ0v) is 33.7. The molecule has 0 spiro atoms. The SMILES string of the molecule is O=C1c2c(O)ccc(O)c2C(=O)c2c(NCCNCCO)ccc(NCCCCOCCCCNc3ccc(NCCNCCO)c4c3C(=O)c3c(O)ccc(O)c3C4=O)c21. The number of unbranched alkanes of at least 4 members (excludes halogenated alkanes) is 2. The molecule has 0 aliphatic heterocycles. The van der Waals surface area contributed by atoms with E-state index in [-0.39, 0.29) is 57.7 Å². The van der Waals surface area contributed by atoms with E-state index >= 15 is 0 Å². The number of benzene rings is 4. The summed E-state index contributed by atoms with van der Waals surface area (Å²) in [6.45, 7) is 4.40. The lowest BCUT2D eigenvalue weighted by atomic mass is 9.81. The van der Waals surface area contributed by atoms with E-state index in [0.29, 0.717) is 114 Å². The number of fused-ring (bicyclic) bond motifs is 4. The van der Waals surface area contributed by atoms with E-state index in [9.17, 15) is 39.6 Å². The molecule has 2 aliphatic rings. The van der Waals surface area contributed by atoms with Crippen LogP contribution in [-0.4, -0.2) is 133 Å². The van der Waals surface area contributed by atoms with E-state index in [0.717, 1.165) is 0 Å². The lowest BCUT2D eigenvalue weighted by molar-refractivity contribution is 0.0975. The quantitative estimate of drug-likeness (QED) is 0.0308. The van der Waals surface area contributed by atoms with Crippen molar-refractivity contribution in [2.45, 2.75) is 25.7 Å². The first-order valence-corrected chi connectivity index (χ1v) is 20.4. The highest BCUT2D eigenvalue weighted by molar-refractivity contribution is 6.34. The average molecular weight is 841 g/mol. The van der Waals surface area contributed by atoms with Crippen molar-refractivity contribution in [3.8, 4) is 23.0 Å². The maximum atomic E-state index is 13.8. The minimum absolute atomic E-state index is 0.0218. The summed E-state index contributed by atoms with van der Waals surface area (Å²) in [5.74, 6) is -3.94. The standard InChI is InChI=1S/C44H52N6O11/c51-21-19-45-15-17-49-27-7-5-25(33-35(27)43(59)39-31(55)11-9-29(53)37(39)41(33)57)47-13-1-3-23-61-24-4-2-14-48-26-6-8-28(50-18-16-46-20-22-52)36-34(26)42(58)38-30(54)10-12-32(56)40(38)44(36)60/h5-12,45-56H,1-4,13-24H2. The largest absolute Gasteiger partial charge is 0.507 e. The van der Waals surface area contributed by atoms with E-state index in [4.69, 9.17) is 14.9 Å². The van der Waals surface area contributed by atoms with Crippen LogP contribution in [0.15, 0.2) is 48.5 Å². The monoisotopic (exact) mass is 840 g/mol. The summed E-state index contributed by atoms with van der Waals surface area (Å²) in [6, 6.07) is 11.5. The van der Waals surface area contributed by atoms with Gasteiger partial charge in [0.25, 0.3) is 0 Å². The first kappa shape index (κ1) is 44.3. The topological polar surface area (TPSA) is 271 Å². The normalized spacial score (nSPS) is 12.8. The van der Waals surface area contributed by atoms with Gasteiger partial charge >= 0.3 is 0 Å². The van der Waals surface area contributed by atoms with Gasteiger partial charge in [0.2, 0.25) is 23.1 Å². The van der Waals surface area contributed by atoms with Gasteiger partial charge in [-0.25, -0.2) is 0 Å². The van der Waals surface area contributed by atoms with Crippen LogP contribution in [0.25, 0.3) is 0 Å². The lowest BCUT2D eigenvalue weighted by Crippen LogP contribution is -2.27. The Bertz CT molecular complexity index is 2120. The molecular formula is C44H52N6O11. The number of aliphatic hydroxyl groups is 2. The molecule has 0 saturated heterocycles. The predicted molar refractivity (Wildman–Crippen MR) is 229 cm³/mol. The molecule has 0 bridgehead atoms. The predicted octanol–water partition coefficient (Wildman–Crippen LogP) is 3.15. The molecule has 0 unspecified atom stereocenters. The van der Waals surface area contributed by atoms with Crippen molar-refractivity contribution in [3.05, 3.63) is 93.0 Å².